The summed E-state index contributed by atoms with van der Waals surface area (Å²) < 4.78 is 5.86. The van der Waals surface area contributed by atoms with Gasteiger partial charge in [0.2, 0.25) is 0 Å². The van der Waals surface area contributed by atoms with Crippen molar-refractivity contribution in [1.29, 1.82) is 0 Å². The fraction of sp³-hybridized carbons (Fsp3) is 0.333. The molecule has 0 bridgehead atoms. The third-order valence-corrected chi connectivity index (χ3v) is 4.71. The molecule has 3 rings (SSSR count). The van der Waals surface area contributed by atoms with Crippen LogP contribution in [0.25, 0.3) is 0 Å². The van der Waals surface area contributed by atoms with E-state index >= 15 is 0 Å². The molecule has 19 heavy (non-hydrogen) atoms. The van der Waals surface area contributed by atoms with Gasteiger partial charge in [0.25, 0.3) is 0 Å². The minimum Gasteiger partial charge on any atom is -0.493 e. The predicted molar refractivity (Wildman–Crippen MR) is 78.3 cm³/mol. The van der Waals surface area contributed by atoms with Gasteiger partial charge in [-0.2, -0.15) is 0 Å². The summed E-state index contributed by atoms with van der Waals surface area (Å²) in [6.45, 7) is 2.83. The zero-order valence-corrected chi connectivity index (χ0v) is 11.7. The van der Waals surface area contributed by atoms with E-state index in [1.54, 1.807) is 11.3 Å². The minimum atomic E-state index is 0.159. The van der Waals surface area contributed by atoms with Crippen LogP contribution >= 0.6 is 11.3 Å². The number of nitrogens with two attached hydrogens (primary N) is 1. The number of thiophene rings is 1. The maximum Gasteiger partial charge on any atom is 0.122 e. The summed E-state index contributed by atoms with van der Waals surface area (Å²) in [6, 6.07) is 12.7. The van der Waals surface area contributed by atoms with Crippen molar-refractivity contribution in [2.45, 2.75) is 19.4 Å². The molecular formula is C15H18N2OS. The van der Waals surface area contributed by atoms with E-state index in [2.05, 4.69) is 36.6 Å². The Morgan fingerprint density at radius 1 is 1.32 bits per heavy atom. The fourth-order valence-corrected chi connectivity index (χ4v) is 3.67. The van der Waals surface area contributed by atoms with Crippen molar-refractivity contribution in [3.05, 3.63) is 51.7 Å². The number of benzene rings is 1. The SMILES string of the molecule is Cc1ccc(C(NN)C2COc3ccccc3C2)s1. The lowest BCUT2D eigenvalue weighted by molar-refractivity contribution is 0.186. The Bertz CT molecular complexity index is 567. The summed E-state index contributed by atoms with van der Waals surface area (Å²) in [5.74, 6) is 7.15. The number of ether oxygens (including phenoxy) is 1. The number of nitrogens with one attached hydrogen (secondary N) is 1. The number of aryl methyl sites for hydroxylation is 1. The molecular weight excluding hydrogens is 256 g/mol. The van der Waals surface area contributed by atoms with Gasteiger partial charge in [-0.1, -0.05) is 18.2 Å². The summed E-state index contributed by atoms with van der Waals surface area (Å²) >= 11 is 1.80. The van der Waals surface area contributed by atoms with Crippen LogP contribution in [-0.2, 0) is 6.42 Å². The predicted octanol–water partition coefficient (Wildman–Crippen LogP) is 2.81. The van der Waals surface area contributed by atoms with Crippen LogP contribution < -0.4 is 16.0 Å². The number of para-hydroxylation sites is 1. The second-order valence-corrected chi connectivity index (χ2v) is 6.30. The standard InChI is InChI=1S/C15H18N2OS/c1-10-6-7-14(19-10)15(17-16)12-8-11-4-2-3-5-13(11)18-9-12/h2-7,12,15,17H,8-9,16H2,1H3. The monoisotopic (exact) mass is 274 g/mol. The molecule has 2 atom stereocenters. The molecule has 0 saturated heterocycles. The van der Waals surface area contributed by atoms with Crippen molar-refractivity contribution in [1.82, 2.24) is 5.43 Å². The Labute approximate surface area is 117 Å². The maximum atomic E-state index is 5.86. The molecule has 3 N–H and O–H groups in total. The molecule has 0 aliphatic carbocycles. The maximum absolute atomic E-state index is 5.86. The smallest absolute Gasteiger partial charge is 0.122 e. The molecule has 2 unspecified atom stereocenters. The van der Waals surface area contributed by atoms with Gasteiger partial charge in [-0.15, -0.1) is 11.3 Å². The molecule has 2 heterocycles. The third kappa shape index (κ3) is 2.52. The first-order valence-electron chi connectivity index (χ1n) is 6.51. The van der Waals surface area contributed by atoms with Crippen LogP contribution in [0.1, 0.15) is 21.4 Å². The molecule has 3 nitrogen and oxygen atoms in total. The molecule has 2 aromatic rings. The Morgan fingerprint density at radius 3 is 2.89 bits per heavy atom. The highest BCUT2D eigenvalue weighted by Crippen LogP contribution is 2.35. The molecule has 100 valence electrons. The molecule has 1 aliphatic rings. The molecule has 0 fully saturated rings. The summed E-state index contributed by atoms with van der Waals surface area (Å²) in [5.41, 5.74) is 4.23. The normalized spacial score (nSPS) is 19.6. The van der Waals surface area contributed by atoms with Crippen molar-refractivity contribution in [3.8, 4) is 5.75 Å². The summed E-state index contributed by atoms with van der Waals surface area (Å²) in [6.07, 6.45) is 1.00. The van der Waals surface area contributed by atoms with Gasteiger partial charge in [0.15, 0.2) is 0 Å². The third-order valence-electron chi connectivity index (χ3n) is 3.63. The van der Waals surface area contributed by atoms with Crippen molar-refractivity contribution >= 4 is 11.3 Å². The largest absolute Gasteiger partial charge is 0.493 e. The van der Waals surface area contributed by atoms with Crippen molar-refractivity contribution in [2.75, 3.05) is 6.61 Å². The lowest BCUT2D eigenvalue weighted by Gasteiger charge is -2.30. The Morgan fingerprint density at radius 2 is 2.16 bits per heavy atom. The Kier molecular flexibility index (Phi) is 3.55. The van der Waals surface area contributed by atoms with Gasteiger partial charge in [-0.05, 0) is 37.1 Å². The average molecular weight is 274 g/mol. The molecule has 1 aromatic heterocycles. The first-order chi connectivity index (χ1) is 9.28. The lowest BCUT2D eigenvalue weighted by atomic mass is 9.90. The van der Waals surface area contributed by atoms with Gasteiger partial charge in [-0.3, -0.25) is 11.3 Å². The topological polar surface area (TPSA) is 47.3 Å². The summed E-state index contributed by atoms with van der Waals surface area (Å²) in [5, 5.41) is 0. The average Bonchev–Trinajstić information content (AvgIpc) is 2.86. The van der Waals surface area contributed by atoms with Gasteiger partial charge in [0, 0.05) is 15.7 Å². The number of hydrogen-bond acceptors (Lipinski definition) is 4. The van der Waals surface area contributed by atoms with Crippen LogP contribution in [0, 0.1) is 12.8 Å². The first kappa shape index (κ1) is 12.7. The first-order valence-corrected chi connectivity index (χ1v) is 7.32. The molecule has 1 aromatic carbocycles. The van der Waals surface area contributed by atoms with E-state index in [4.69, 9.17) is 10.6 Å². The summed E-state index contributed by atoms with van der Waals surface area (Å²) in [4.78, 5) is 2.60. The highest BCUT2D eigenvalue weighted by Gasteiger charge is 2.28. The van der Waals surface area contributed by atoms with E-state index in [1.165, 1.54) is 15.3 Å². The van der Waals surface area contributed by atoms with Crippen LogP contribution in [0.3, 0.4) is 0 Å². The fourth-order valence-electron chi connectivity index (χ4n) is 2.64. The van der Waals surface area contributed by atoms with E-state index in [0.717, 1.165) is 12.2 Å². The zero-order chi connectivity index (χ0) is 13.2. The number of rotatable bonds is 3. The van der Waals surface area contributed by atoms with E-state index in [9.17, 15) is 0 Å². The number of hydrazine groups is 1. The molecule has 4 heteroatoms. The second-order valence-electron chi connectivity index (χ2n) is 4.98. The van der Waals surface area contributed by atoms with Crippen molar-refractivity contribution in [2.24, 2.45) is 11.8 Å². The molecule has 0 spiro atoms. The van der Waals surface area contributed by atoms with E-state index in [0.29, 0.717) is 12.5 Å². The van der Waals surface area contributed by atoms with Crippen LogP contribution in [0.2, 0.25) is 0 Å². The minimum absolute atomic E-state index is 0.159. The van der Waals surface area contributed by atoms with Crippen LogP contribution in [0.4, 0.5) is 0 Å². The molecule has 1 aliphatic heterocycles. The zero-order valence-electron chi connectivity index (χ0n) is 10.9. The lowest BCUT2D eigenvalue weighted by Crippen LogP contribution is -2.38. The van der Waals surface area contributed by atoms with Gasteiger partial charge in [0.1, 0.15) is 5.75 Å². The highest BCUT2D eigenvalue weighted by molar-refractivity contribution is 7.12. The van der Waals surface area contributed by atoms with Gasteiger partial charge < -0.3 is 4.74 Å². The second kappa shape index (κ2) is 5.33. The van der Waals surface area contributed by atoms with Gasteiger partial charge in [0.05, 0.1) is 12.6 Å². The quantitative estimate of drug-likeness (QED) is 0.668. The van der Waals surface area contributed by atoms with Crippen LogP contribution in [-0.4, -0.2) is 6.61 Å². The van der Waals surface area contributed by atoms with E-state index < -0.39 is 0 Å². The van der Waals surface area contributed by atoms with Crippen LogP contribution in [0.5, 0.6) is 5.75 Å². The van der Waals surface area contributed by atoms with E-state index in [-0.39, 0.29) is 6.04 Å². The van der Waals surface area contributed by atoms with Crippen LogP contribution in [0.15, 0.2) is 36.4 Å². The Balaban J connectivity index is 1.83. The van der Waals surface area contributed by atoms with E-state index in [1.807, 2.05) is 12.1 Å². The number of hydrogen-bond donors (Lipinski definition) is 2. The summed E-state index contributed by atoms with van der Waals surface area (Å²) in [7, 11) is 0. The van der Waals surface area contributed by atoms with Gasteiger partial charge >= 0.3 is 0 Å². The molecule has 0 amide bonds. The Hall–Kier alpha value is -1.36. The number of fused-ring (bicyclic) bond motifs is 1. The molecule has 0 saturated carbocycles. The van der Waals surface area contributed by atoms with Crippen molar-refractivity contribution in [3.63, 3.8) is 0 Å². The molecule has 0 radical (unpaired) electrons. The van der Waals surface area contributed by atoms with Gasteiger partial charge in [-0.25, -0.2) is 0 Å². The van der Waals surface area contributed by atoms with Crippen molar-refractivity contribution < 1.29 is 4.74 Å². The highest BCUT2D eigenvalue weighted by atomic mass is 32.1.